The van der Waals surface area contributed by atoms with Crippen LogP contribution in [-0.4, -0.2) is 18.2 Å². The molecule has 23 heavy (non-hydrogen) atoms. The molecule has 0 fully saturated rings. The third-order valence-corrected chi connectivity index (χ3v) is 7.07. The quantitative estimate of drug-likeness (QED) is 0.544. The summed E-state index contributed by atoms with van der Waals surface area (Å²) in [5, 5.41) is 2.95. The highest BCUT2D eigenvalue weighted by molar-refractivity contribution is 9.10. The van der Waals surface area contributed by atoms with Crippen LogP contribution in [0.15, 0.2) is 20.5 Å². The average Bonchev–Trinajstić information content (AvgIpc) is 3.08. The highest BCUT2D eigenvalue weighted by Gasteiger charge is 2.38. The molecule has 0 radical (unpaired) electrons. The zero-order valence-corrected chi connectivity index (χ0v) is 17.0. The lowest BCUT2D eigenvalue weighted by Gasteiger charge is -2.17. The number of nitrogens with zero attached hydrogens (tertiary/aromatic N) is 1. The van der Waals surface area contributed by atoms with E-state index in [9.17, 15) is 4.57 Å². The monoisotopic (exact) mass is 421 g/mol. The van der Waals surface area contributed by atoms with E-state index >= 15 is 0 Å². The molecular formula is C15H21BrNO4PS. The number of furan rings is 1. The fraction of sp³-hybridized carbons (Fsp3) is 0.533. The molecule has 0 saturated carbocycles. The largest absolute Gasteiger partial charge is 0.456 e. The van der Waals surface area contributed by atoms with E-state index in [1.807, 2.05) is 5.38 Å². The van der Waals surface area contributed by atoms with Crippen molar-refractivity contribution in [2.75, 3.05) is 13.2 Å². The van der Waals surface area contributed by atoms with Gasteiger partial charge in [-0.25, -0.2) is 4.98 Å². The molecule has 0 saturated heterocycles. The van der Waals surface area contributed by atoms with Gasteiger partial charge in [0.15, 0.2) is 10.8 Å². The van der Waals surface area contributed by atoms with Crippen LogP contribution >= 0.6 is 34.9 Å². The maximum Gasteiger partial charge on any atom is 0.366 e. The summed E-state index contributed by atoms with van der Waals surface area (Å²) in [5.74, 6) is 1.60. The molecule has 5 nitrogen and oxygen atoms in total. The number of halogens is 1. The Hall–Kier alpha value is -0.460. The lowest BCUT2D eigenvalue weighted by molar-refractivity contribution is 0.230. The molecule has 0 aliphatic heterocycles. The van der Waals surface area contributed by atoms with Crippen molar-refractivity contribution in [3.8, 4) is 10.8 Å². The summed E-state index contributed by atoms with van der Waals surface area (Å²) in [7, 11) is -3.48. The Morgan fingerprint density at radius 3 is 2.48 bits per heavy atom. The standard InChI is InChI=1S/C15H21BrNO4PS/c1-5-19-22(18,20-6-2)14-12(16)11(9-10(3)4)21-13(14)15-17-7-8-23-15/h7-8,10H,5-6,9H2,1-4H3. The normalized spacial score (nSPS) is 12.3. The van der Waals surface area contributed by atoms with Crippen molar-refractivity contribution >= 4 is 40.2 Å². The van der Waals surface area contributed by atoms with Crippen molar-refractivity contribution in [3.05, 3.63) is 21.8 Å². The molecular weight excluding hydrogens is 401 g/mol. The lowest BCUT2D eigenvalue weighted by Crippen LogP contribution is -2.13. The average molecular weight is 422 g/mol. The zero-order valence-electron chi connectivity index (χ0n) is 13.7. The third-order valence-electron chi connectivity index (χ3n) is 2.99. The van der Waals surface area contributed by atoms with Crippen molar-refractivity contribution in [1.29, 1.82) is 0 Å². The minimum absolute atomic E-state index is 0.283. The molecule has 0 atom stereocenters. The second kappa shape index (κ2) is 8.08. The van der Waals surface area contributed by atoms with Gasteiger partial charge in [-0.2, -0.15) is 0 Å². The molecule has 0 spiro atoms. The SMILES string of the molecule is CCOP(=O)(OCC)c1c(-c2nccs2)oc(CC(C)C)c1Br. The molecule has 2 heterocycles. The van der Waals surface area contributed by atoms with Crippen LogP contribution < -0.4 is 5.30 Å². The Morgan fingerprint density at radius 2 is 2.00 bits per heavy atom. The van der Waals surface area contributed by atoms with Gasteiger partial charge in [0.05, 0.1) is 17.7 Å². The fourth-order valence-corrected chi connectivity index (χ4v) is 5.73. The number of hydrogen-bond donors (Lipinski definition) is 0. The molecule has 2 rings (SSSR count). The molecule has 0 aromatic carbocycles. The number of aromatic nitrogens is 1. The van der Waals surface area contributed by atoms with Crippen molar-refractivity contribution in [3.63, 3.8) is 0 Å². The Bertz CT molecular complexity index is 674. The van der Waals surface area contributed by atoms with Gasteiger partial charge in [0, 0.05) is 18.0 Å². The lowest BCUT2D eigenvalue weighted by atomic mass is 10.1. The van der Waals surface area contributed by atoms with Gasteiger partial charge in [-0.3, -0.25) is 4.57 Å². The Kier molecular flexibility index (Phi) is 6.63. The molecule has 2 aromatic rings. The van der Waals surface area contributed by atoms with Crippen LogP contribution in [0.25, 0.3) is 10.8 Å². The highest BCUT2D eigenvalue weighted by atomic mass is 79.9. The topological polar surface area (TPSA) is 61.6 Å². The third kappa shape index (κ3) is 4.15. The van der Waals surface area contributed by atoms with Crippen LogP contribution in [0.5, 0.6) is 0 Å². The minimum Gasteiger partial charge on any atom is -0.456 e. The van der Waals surface area contributed by atoms with E-state index in [4.69, 9.17) is 13.5 Å². The fourth-order valence-electron chi connectivity index (χ4n) is 2.18. The molecule has 0 amide bonds. The molecule has 0 unspecified atom stereocenters. The van der Waals surface area contributed by atoms with Gasteiger partial charge < -0.3 is 13.5 Å². The molecule has 8 heteroatoms. The first kappa shape index (κ1) is 18.9. The molecule has 0 bridgehead atoms. The van der Waals surface area contributed by atoms with Gasteiger partial charge in [0.2, 0.25) is 0 Å². The van der Waals surface area contributed by atoms with E-state index in [0.717, 1.165) is 12.2 Å². The van der Waals surface area contributed by atoms with Crippen molar-refractivity contribution in [2.45, 2.75) is 34.1 Å². The van der Waals surface area contributed by atoms with Gasteiger partial charge in [-0.1, -0.05) is 13.8 Å². The summed E-state index contributed by atoms with van der Waals surface area (Å²) >= 11 is 4.97. The van der Waals surface area contributed by atoms with Gasteiger partial charge in [0.25, 0.3) is 0 Å². The Labute approximate surface area is 149 Å². The van der Waals surface area contributed by atoms with Gasteiger partial charge in [-0.05, 0) is 35.7 Å². The molecule has 0 aliphatic carbocycles. The second-order valence-electron chi connectivity index (χ2n) is 5.29. The van der Waals surface area contributed by atoms with Crippen LogP contribution in [0.2, 0.25) is 0 Å². The summed E-state index contributed by atoms with van der Waals surface area (Å²) in [6.45, 7) is 8.34. The van der Waals surface area contributed by atoms with Crippen molar-refractivity contribution < 1.29 is 18.0 Å². The highest BCUT2D eigenvalue weighted by Crippen LogP contribution is 2.52. The zero-order chi connectivity index (χ0) is 17.0. The summed E-state index contributed by atoms with van der Waals surface area (Å²) in [6, 6.07) is 0. The molecule has 128 valence electrons. The maximum atomic E-state index is 13.3. The maximum absolute atomic E-state index is 13.3. The van der Waals surface area contributed by atoms with Crippen LogP contribution in [0, 0.1) is 5.92 Å². The first-order valence-corrected chi connectivity index (χ1v) is 10.7. The molecule has 2 aromatic heterocycles. The molecule has 0 N–H and O–H groups in total. The summed E-state index contributed by atoms with van der Waals surface area (Å²) in [4.78, 5) is 4.29. The number of thiazole rings is 1. The predicted molar refractivity (Wildman–Crippen MR) is 96.6 cm³/mol. The second-order valence-corrected chi connectivity index (χ2v) is 8.93. The van der Waals surface area contributed by atoms with E-state index in [1.54, 1.807) is 20.0 Å². The first-order valence-electron chi connectivity index (χ1n) is 7.53. The number of hydrogen-bond acceptors (Lipinski definition) is 6. The summed E-state index contributed by atoms with van der Waals surface area (Å²) in [5.41, 5.74) is 0. The number of rotatable bonds is 8. The first-order chi connectivity index (χ1) is 10.9. The van der Waals surface area contributed by atoms with E-state index < -0.39 is 7.60 Å². The Balaban J connectivity index is 2.63. The predicted octanol–water partition coefficient (Wildman–Crippen LogP) is 5.26. The smallest absolute Gasteiger partial charge is 0.366 e. The van der Waals surface area contributed by atoms with Crippen LogP contribution in [-0.2, 0) is 20.0 Å². The van der Waals surface area contributed by atoms with E-state index in [0.29, 0.717) is 26.5 Å². The minimum atomic E-state index is -3.48. The van der Waals surface area contributed by atoms with Crippen LogP contribution in [0.4, 0.5) is 0 Å². The van der Waals surface area contributed by atoms with E-state index in [2.05, 4.69) is 34.8 Å². The van der Waals surface area contributed by atoms with E-state index in [-0.39, 0.29) is 13.2 Å². The van der Waals surface area contributed by atoms with Crippen LogP contribution in [0.1, 0.15) is 33.5 Å². The van der Waals surface area contributed by atoms with E-state index in [1.165, 1.54) is 11.3 Å². The van der Waals surface area contributed by atoms with Gasteiger partial charge >= 0.3 is 7.60 Å². The van der Waals surface area contributed by atoms with Gasteiger partial charge in [-0.15, -0.1) is 11.3 Å². The summed E-state index contributed by atoms with van der Waals surface area (Å²) in [6.07, 6.45) is 2.41. The van der Waals surface area contributed by atoms with Crippen LogP contribution in [0.3, 0.4) is 0 Å². The van der Waals surface area contributed by atoms with Crippen molar-refractivity contribution in [2.24, 2.45) is 5.92 Å². The van der Waals surface area contributed by atoms with Crippen molar-refractivity contribution in [1.82, 2.24) is 4.98 Å². The summed E-state index contributed by atoms with van der Waals surface area (Å²) < 4.78 is 31.0. The molecule has 0 aliphatic rings. The van der Waals surface area contributed by atoms with Gasteiger partial charge in [0.1, 0.15) is 11.1 Å². The Morgan fingerprint density at radius 1 is 1.35 bits per heavy atom.